The maximum absolute atomic E-state index is 13.5. The van der Waals surface area contributed by atoms with Gasteiger partial charge in [-0.2, -0.15) is 0 Å². The van der Waals surface area contributed by atoms with E-state index in [1.807, 2.05) is 0 Å². The molecule has 1 fully saturated rings. The number of ether oxygens (including phenoxy) is 4. The van der Waals surface area contributed by atoms with Crippen LogP contribution in [0.2, 0.25) is 0 Å². The average molecular weight is 516 g/mol. The zero-order chi connectivity index (χ0) is 25.7. The Balaban J connectivity index is 1.64. The molecular formula is C26H29NO8S. The zero-order valence-corrected chi connectivity index (χ0v) is 21.2. The van der Waals surface area contributed by atoms with Gasteiger partial charge in [-0.25, -0.2) is 8.42 Å². The number of nitrogens with zero attached hydrogens (tertiary/aromatic N) is 1. The van der Waals surface area contributed by atoms with Gasteiger partial charge in [-0.05, 0) is 54.8 Å². The van der Waals surface area contributed by atoms with E-state index in [1.54, 1.807) is 35.2 Å². The van der Waals surface area contributed by atoms with Crippen molar-refractivity contribution in [2.24, 2.45) is 0 Å². The largest absolute Gasteiger partial charge is 0.493 e. The van der Waals surface area contributed by atoms with E-state index in [9.17, 15) is 13.2 Å². The van der Waals surface area contributed by atoms with Crippen LogP contribution in [0, 0.1) is 0 Å². The van der Waals surface area contributed by atoms with Gasteiger partial charge < -0.3 is 28.3 Å². The fraction of sp³-hybridized carbons (Fsp3) is 0.346. The molecule has 4 rings (SSSR count). The van der Waals surface area contributed by atoms with Crippen LogP contribution < -0.4 is 14.2 Å². The van der Waals surface area contributed by atoms with Crippen LogP contribution in [0.4, 0.5) is 0 Å². The van der Waals surface area contributed by atoms with Crippen LogP contribution in [0.25, 0.3) is 0 Å². The first-order chi connectivity index (χ1) is 17.4. The number of furan rings is 1. The van der Waals surface area contributed by atoms with Gasteiger partial charge in [0.05, 0.1) is 32.3 Å². The molecule has 10 heteroatoms. The molecular weight excluding hydrogens is 486 g/mol. The molecule has 0 radical (unpaired) electrons. The van der Waals surface area contributed by atoms with Crippen LogP contribution in [0.3, 0.4) is 0 Å². The SMILES string of the molecule is COc1cc(CN(CC2CCCO2)C(=O)c2ccc(S(=O)(=O)c3ccccc3)o2)cc(OC)c1OC. The molecule has 1 aromatic heterocycles. The van der Waals surface area contributed by atoms with E-state index >= 15 is 0 Å². The summed E-state index contributed by atoms with van der Waals surface area (Å²) in [5.41, 5.74) is 0.736. The van der Waals surface area contributed by atoms with Crippen molar-refractivity contribution in [1.29, 1.82) is 0 Å². The fourth-order valence-electron chi connectivity index (χ4n) is 4.15. The molecule has 36 heavy (non-hydrogen) atoms. The summed E-state index contributed by atoms with van der Waals surface area (Å²) in [6.07, 6.45) is 1.61. The van der Waals surface area contributed by atoms with Gasteiger partial charge in [0, 0.05) is 19.7 Å². The predicted molar refractivity (Wildman–Crippen MR) is 130 cm³/mol. The number of amides is 1. The number of hydrogen-bond acceptors (Lipinski definition) is 8. The topological polar surface area (TPSA) is 105 Å². The molecule has 0 spiro atoms. The Morgan fingerprint density at radius 1 is 1.00 bits per heavy atom. The lowest BCUT2D eigenvalue weighted by atomic mass is 10.1. The normalized spacial score (nSPS) is 15.5. The molecule has 1 aliphatic heterocycles. The fourth-order valence-corrected chi connectivity index (χ4v) is 5.35. The van der Waals surface area contributed by atoms with Crippen LogP contribution in [0.15, 0.2) is 69.0 Å². The maximum Gasteiger partial charge on any atom is 0.290 e. The minimum Gasteiger partial charge on any atom is -0.493 e. The number of carbonyl (C=O) groups excluding carboxylic acids is 1. The van der Waals surface area contributed by atoms with Crippen molar-refractivity contribution in [3.8, 4) is 17.2 Å². The van der Waals surface area contributed by atoms with Gasteiger partial charge in [-0.15, -0.1) is 0 Å². The summed E-state index contributed by atoms with van der Waals surface area (Å²) in [5, 5.41) is -0.290. The van der Waals surface area contributed by atoms with E-state index in [2.05, 4.69) is 0 Å². The highest BCUT2D eigenvalue weighted by Gasteiger charge is 2.29. The lowest BCUT2D eigenvalue weighted by molar-refractivity contribution is 0.0479. The second-order valence-electron chi connectivity index (χ2n) is 8.29. The Bertz CT molecular complexity index is 1270. The standard InChI is InChI=1S/C26H29NO8S/c1-31-22-14-18(15-23(32-2)25(22)33-3)16-27(17-19-8-7-13-34-19)26(28)21-11-12-24(35-21)36(29,30)20-9-5-4-6-10-20/h4-6,9-12,14-15,19H,7-8,13,16-17H2,1-3H3. The van der Waals surface area contributed by atoms with Crippen LogP contribution in [0.5, 0.6) is 17.2 Å². The number of rotatable bonds is 10. The van der Waals surface area contributed by atoms with E-state index in [0.717, 1.165) is 18.4 Å². The highest BCUT2D eigenvalue weighted by Crippen LogP contribution is 2.38. The van der Waals surface area contributed by atoms with Gasteiger partial charge in [0.25, 0.3) is 5.91 Å². The minimum atomic E-state index is -3.89. The van der Waals surface area contributed by atoms with E-state index in [0.29, 0.717) is 30.4 Å². The number of carbonyl (C=O) groups is 1. The number of sulfone groups is 1. The first kappa shape index (κ1) is 25.6. The first-order valence-electron chi connectivity index (χ1n) is 11.5. The summed E-state index contributed by atoms with van der Waals surface area (Å²) in [6, 6.07) is 14.2. The molecule has 192 valence electrons. The molecule has 0 bridgehead atoms. The minimum absolute atomic E-state index is 0.0741. The Morgan fingerprint density at radius 2 is 1.69 bits per heavy atom. The summed E-state index contributed by atoms with van der Waals surface area (Å²) >= 11 is 0. The third kappa shape index (κ3) is 5.34. The van der Waals surface area contributed by atoms with Gasteiger partial charge >= 0.3 is 0 Å². The molecule has 0 saturated carbocycles. The van der Waals surface area contributed by atoms with Crippen LogP contribution in [-0.4, -0.2) is 59.8 Å². The Morgan fingerprint density at radius 3 is 2.28 bits per heavy atom. The Labute approximate surface area is 210 Å². The van der Waals surface area contributed by atoms with Gasteiger partial charge in [0.2, 0.25) is 20.7 Å². The highest BCUT2D eigenvalue weighted by atomic mass is 32.2. The Hall–Kier alpha value is -3.50. The van der Waals surface area contributed by atoms with Crippen molar-refractivity contribution in [1.82, 2.24) is 4.90 Å². The lowest BCUT2D eigenvalue weighted by Crippen LogP contribution is -2.36. The van der Waals surface area contributed by atoms with Crippen molar-refractivity contribution in [2.75, 3.05) is 34.5 Å². The Kier molecular flexibility index (Phi) is 7.85. The summed E-state index contributed by atoms with van der Waals surface area (Å²) in [6.45, 7) is 1.14. The zero-order valence-electron chi connectivity index (χ0n) is 20.4. The van der Waals surface area contributed by atoms with E-state index < -0.39 is 15.7 Å². The first-order valence-corrected chi connectivity index (χ1v) is 13.0. The molecule has 2 heterocycles. The summed E-state index contributed by atoms with van der Waals surface area (Å²) in [5.74, 6) is 0.850. The predicted octanol–water partition coefficient (Wildman–Crippen LogP) is 3.96. The third-order valence-electron chi connectivity index (χ3n) is 5.94. The molecule has 1 atom stereocenters. The number of benzene rings is 2. The lowest BCUT2D eigenvalue weighted by Gasteiger charge is -2.25. The number of hydrogen-bond donors (Lipinski definition) is 0. The summed E-state index contributed by atoms with van der Waals surface area (Å²) in [4.78, 5) is 15.2. The maximum atomic E-state index is 13.5. The molecule has 0 aliphatic carbocycles. The summed E-state index contributed by atoms with van der Waals surface area (Å²) < 4.78 is 53.5. The molecule has 1 amide bonds. The average Bonchev–Trinajstić information content (AvgIpc) is 3.61. The summed E-state index contributed by atoms with van der Waals surface area (Å²) in [7, 11) is 0.669. The van der Waals surface area contributed by atoms with Crippen molar-refractivity contribution >= 4 is 15.7 Å². The van der Waals surface area contributed by atoms with Crippen LogP contribution >= 0.6 is 0 Å². The monoisotopic (exact) mass is 515 g/mol. The molecule has 3 aromatic rings. The molecule has 9 nitrogen and oxygen atoms in total. The second kappa shape index (κ2) is 11.0. The van der Waals surface area contributed by atoms with Crippen molar-refractivity contribution in [3.05, 3.63) is 65.9 Å². The third-order valence-corrected chi connectivity index (χ3v) is 7.59. The van der Waals surface area contributed by atoms with Gasteiger partial charge in [0.1, 0.15) is 0 Å². The van der Waals surface area contributed by atoms with Crippen molar-refractivity contribution < 1.29 is 36.6 Å². The van der Waals surface area contributed by atoms with Crippen molar-refractivity contribution in [3.63, 3.8) is 0 Å². The molecule has 1 aliphatic rings. The number of methoxy groups -OCH3 is 3. The molecule has 2 aromatic carbocycles. The van der Waals surface area contributed by atoms with Gasteiger partial charge in [-0.1, -0.05) is 18.2 Å². The quantitative estimate of drug-likeness (QED) is 0.400. The van der Waals surface area contributed by atoms with Crippen LogP contribution in [-0.2, 0) is 21.1 Å². The van der Waals surface area contributed by atoms with E-state index in [4.69, 9.17) is 23.4 Å². The molecule has 1 unspecified atom stereocenters. The van der Waals surface area contributed by atoms with Crippen LogP contribution in [0.1, 0.15) is 29.0 Å². The van der Waals surface area contributed by atoms with E-state index in [-0.39, 0.29) is 28.4 Å². The molecule has 1 saturated heterocycles. The van der Waals surface area contributed by atoms with Gasteiger partial charge in [-0.3, -0.25) is 4.79 Å². The van der Waals surface area contributed by atoms with Gasteiger partial charge in [0.15, 0.2) is 17.3 Å². The van der Waals surface area contributed by atoms with E-state index in [1.165, 1.54) is 45.6 Å². The molecule has 0 N–H and O–H groups in total. The second-order valence-corrected chi connectivity index (χ2v) is 10.2. The highest BCUT2D eigenvalue weighted by molar-refractivity contribution is 7.91. The smallest absolute Gasteiger partial charge is 0.290 e. The van der Waals surface area contributed by atoms with Crippen molar-refractivity contribution in [2.45, 2.75) is 35.5 Å².